The van der Waals surface area contributed by atoms with Crippen molar-refractivity contribution in [1.82, 2.24) is 0 Å². The summed E-state index contributed by atoms with van der Waals surface area (Å²) in [4.78, 5) is 24.6. The van der Waals surface area contributed by atoms with Crippen LogP contribution in [0.3, 0.4) is 0 Å². The summed E-state index contributed by atoms with van der Waals surface area (Å²) in [6, 6.07) is 4.38. The van der Waals surface area contributed by atoms with E-state index in [0.717, 1.165) is 24.0 Å². The van der Waals surface area contributed by atoms with Crippen molar-refractivity contribution in [3.05, 3.63) is 35.1 Å². The van der Waals surface area contributed by atoms with Crippen molar-refractivity contribution in [2.45, 2.75) is 57.6 Å². The maximum Gasteiger partial charge on any atom is 0.596 e. The molecule has 1 saturated heterocycles. The summed E-state index contributed by atoms with van der Waals surface area (Å²) in [5.41, 5.74) is 1.34. The molecule has 0 bridgehead atoms. The van der Waals surface area contributed by atoms with Gasteiger partial charge >= 0.3 is 6.09 Å². The first-order valence-corrected chi connectivity index (χ1v) is 8.97. The Morgan fingerprint density at radius 3 is 2.85 bits per heavy atom. The standard InChI is InChI=1S/C20H25FNO4/c1-20(2,3)26-19(24)22(16-9-17(23)12-25-11-16)10-14-5-4-13-8-15(21)6-7-18(13)14/h6-8,10,14,16H,4-5,9,11-12H2,1-3H3/q+1/b22-10-. The predicted octanol–water partition coefficient (Wildman–Crippen LogP) is 3.23. The second-order valence-corrected chi connectivity index (χ2v) is 7.94. The molecule has 1 fully saturated rings. The van der Waals surface area contributed by atoms with Crippen LogP contribution < -0.4 is 0 Å². The molecule has 1 heterocycles. The third kappa shape index (κ3) is 4.36. The molecule has 0 spiro atoms. The number of hydrogen-bond donors (Lipinski definition) is 0. The number of benzene rings is 1. The van der Waals surface area contributed by atoms with Crippen LogP contribution in [0.1, 0.15) is 50.7 Å². The Hall–Kier alpha value is -2.08. The minimum Gasteiger partial charge on any atom is -0.406 e. The van der Waals surface area contributed by atoms with Gasteiger partial charge in [-0.2, -0.15) is 4.79 Å². The third-order valence-electron chi connectivity index (χ3n) is 4.60. The first-order valence-electron chi connectivity index (χ1n) is 8.97. The highest BCUT2D eigenvalue weighted by Crippen LogP contribution is 2.32. The molecule has 2 unspecified atom stereocenters. The zero-order valence-corrected chi connectivity index (χ0v) is 15.5. The average molecular weight is 362 g/mol. The number of Topliss-reactive ketones (excluding diaryl/α,β-unsaturated/α-hetero) is 1. The third-order valence-corrected chi connectivity index (χ3v) is 4.60. The van der Waals surface area contributed by atoms with Crippen molar-refractivity contribution >= 4 is 18.1 Å². The van der Waals surface area contributed by atoms with Crippen LogP contribution >= 0.6 is 0 Å². The number of nitrogens with zero attached hydrogens (tertiary/aromatic N) is 1. The van der Waals surface area contributed by atoms with Gasteiger partial charge in [-0.15, -0.1) is 4.58 Å². The summed E-state index contributed by atoms with van der Waals surface area (Å²) in [6.07, 6.45) is 3.13. The maximum absolute atomic E-state index is 13.5. The van der Waals surface area contributed by atoms with E-state index in [1.165, 1.54) is 10.6 Å². The molecular weight excluding hydrogens is 337 g/mol. The topological polar surface area (TPSA) is 55.6 Å². The Morgan fingerprint density at radius 2 is 2.15 bits per heavy atom. The smallest absolute Gasteiger partial charge is 0.406 e. The lowest BCUT2D eigenvalue weighted by atomic mass is 10.0. The molecule has 0 saturated carbocycles. The normalized spacial score (nSPS) is 23.7. The van der Waals surface area contributed by atoms with E-state index in [-0.39, 0.29) is 36.6 Å². The summed E-state index contributed by atoms with van der Waals surface area (Å²) >= 11 is 0. The number of ether oxygens (including phenoxy) is 2. The minimum absolute atomic E-state index is 0.0184. The Bertz CT molecular complexity index is 751. The Morgan fingerprint density at radius 1 is 1.38 bits per heavy atom. The number of carbonyl (C=O) groups is 2. The second-order valence-electron chi connectivity index (χ2n) is 7.94. The average Bonchev–Trinajstić information content (AvgIpc) is 2.92. The molecule has 0 aromatic heterocycles. The molecule has 3 rings (SSSR count). The largest absolute Gasteiger partial charge is 0.596 e. The fourth-order valence-corrected chi connectivity index (χ4v) is 3.48. The van der Waals surface area contributed by atoms with E-state index < -0.39 is 11.7 Å². The molecule has 0 N–H and O–H groups in total. The number of halogens is 1. The SMILES string of the molecule is CC(C)(C)OC(=O)/[N+](=C\C1CCc2cc(F)ccc21)C1COCC(=O)C1. The maximum atomic E-state index is 13.5. The predicted molar refractivity (Wildman–Crippen MR) is 94.3 cm³/mol. The summed E-state index contributed by atoms with van der Waals surface area (Å²) in [6.45, 7) is 5.80. The van der Waals surface area contributed by atoms with E-state index in [0.29, 0.717) is 6.61 Å². The molecule has 2 atom stereocenters. The molecule has 1 aliphatic carbocycles. The summed E-state index contributed by atoms with van der Waals surface area (Å²) < 4.78 is 25.8. The van der Waals surface area contributed by atoms with Crippen LogP contribution in [0.25, 0.3) is 0 Å². The number of fused-ring (bicyclic) bond motifs is 1. The van der Waals surface area contributed by atoms with E-state index >= 15 is 0 Å². The number of hydrogen-bond acceptors (Lipinski definition) is 4. The van der Waals surface area contributed by atoms with E-state index in [2.05, 4.69) is 0 Å². The Balaban J connectivity index is 1.92. The molecule has 1 aromatic rings. The summed E-state index contributed by atoms with van der Waals surface area (Å²) in [7, 11) is 0. The Kier molecular flexibility index (Phi) is 5.23. The van der Waals surface area contributed by atoms with Crippen LogP contribution in [0.4, 0.5) is 9.18 Å². The van der Waals surface area contributed by atoms with Gasteiger partial charge in [0, 0.05) is 0 Å². The van der Waals surface area contributed by atoms with Crippen LogP contribution in [0.2, 0.25) is 0 Å². The highest BCUT2D eigenvalue weighted by atomic mass is 19.1. The number of ketones is 1. The van der Waals surface area contributed by atoms with Crippen molar-refractivity contribution in [2.24, 2.45) is 0 Å². The molecule has 1 aromatic carbocycles. The van der Waals surface area contributed by atoms with Gasteiger partial charge in [0.25, 0.3) is 0 Å². The van der Waals surface area contributed by atoms with Gasteiger partial charge < -0.3 is 9.47 Å². The number of aryl methyl sites for hydroxylation is 1. The van der Waals surface area contributed by atoms with E-state index in [1.807, 2.05) is 6.21 Å². The van der Waals surface area contributed by atoms with Gasteiger partial charge in [0.1, 0.15) is 24.6 Å². The molecule has 2 aliphatic rings. The van der Waals surface area contributed by atoms with E-state index in [1.54, 1.807) is 32.9 Å². The highest BCUT2D eigenvalue weighted by Gasteiger charge is 2.38. The van der Waals surface area contributed by atoms with Crippen molar-refractivity contribution in [3.63, 3.8) is 0 Å². The van der Waals surface area contributed by atoms with Crippen molar-refractivity contribution < 1.29 is 28.0 Å². The summed E-state index contributed by atoms with van der Waals surface area (Å²) in [5.74, 6) is -0.299. The second kappa shape index (κ2) is 7.27. The van der Waals surface area contributed by atoms with Crippen LogP contribution in [0.5, 0.6) is 0 Å². The molecular formula is C20H25FNO4+. The monoisotopic (exact) mass is 362 g/mol. The van der Waals surface area contributed by atoms with Crippen LogP contribution in [0, 0.1) is 5.82 Å². The van der Waals surface area contributed by atoms with Gasteiger partial charge in [-0.3, -0.25) is 4.79 Å². The minimum atomic E-state index is -0.639. The first-order chi connectivity index (χ1) is 12.2. The van der Waals surface area contributed by atoms with Crippen LogP contribution in [-0.2, 0) is 20.7 Å². The van der Waals surface area contributed by atoms with Gasteiger partial charge in [-0.25, -0.2) is 4.39 Å². The highest BCUT2D eigenvalue weighted by molar-refractivity contribution is 5.81. The number of amides is 1. The quantitative estimate of drug-likeness (QED) is 0.599. The van der Waals surface area contributed by atoms with Gasteiger partial charge in [-0.05, 0) is 56.9 Å². The number of carbonyl (C=O) groups excluding carboxylic acids is 2. The Labute approximate surface area is 152 Å². The van der Waals surface area contributed by atoms with Gasteiger partial charge in [0.05, 0.1) is 12.3 Å². The lowest BCUT2D eigenvalue weighted by Gasteiger charge is -2.22. The van der Waals surface area contributed by atoms with Crippen LogP contribution in [0.15, 0.2) is 18.2 Å². The first kappa shape index (κ1) is 18.7. The van der Waals surface area contributed by atoms with E-state index in [4.69, 9.17) is 9.47 Å². The molecule has 1 amide bonds. The molecule has 1 aliphatic heterocycles. The number of rotatable bonds is 2. The fraction of sp³-hybridized carbons (Fsp3) is 0.550. The van der Waals surface area contributed by atoms with Crippen molar-refractivity contribution in [1.29, 1.82) is 0 Å². The molecule has 26 heavy (non-hydrogen) atoms. The zero-order chi connectivity index (χ0) is 18.9. The lowest BCUT2D eigenvalue weighted by Crippen LogP contribution is -2.44. The molecule has 140 valence electrons. The molecule has 6 heteroatoms. The van der Waals surface area contributed by atoms with Gasteiger partial charge in [0.15, 0.2) is 18.0 Å². The van der Waals surface area contributed by atoms with Gasteiger partial charge in [0.2, 0.25) is 0 Å². The lowest BCUT2D eigenvalue weighted by molar-refractivity contribution is -0.494. The van der Waals surface area contributed by atoms with Crippen LogP contribution in [-0.4, -0.2) is 47.5 Å². The zero-order valence-electron chi connectivity index (χ0n) is 15.5. The summed E-state index contributed by atoms with van der Waals surface area (Å²) in [5, 5.41) is 0. The fourth-order valence-electron chi connectivity index (χ4n) is 3.48. The van der Waals surface area contributed by atoms with E-state index in [9.17, 15) is 14.0 Å². The van der Waals surface area contributed by atoms with Crippen molar-refractivity contribution in [2.75, 3.05) is 13.2 Å². The molecule has 0 radical (unpaired) electrons. The molecule has 5 nitrogen and oxygen atoms in total. The van der Waals surface area contributed by atoms with Crippen molar-refractivity contribution in [3.8, 4) is 0 Å². The van der Waals surface area contributed by atoms with Gasteiger partial charge in [-0.1, -0.05) is 6.07 Å².